The molecule has 190 valence electrons. The van der Waals surface area contributed by atoms with Gasteiger partial charge in [-0.15, -0.1) is 0 Å². The number of anilines is 1. The maximum Gasteiger partial charge on any atom is 0.329 e. The summed E-state index contributed by atoms with van der Waals surface area (Å²) < 4.78 is 25.0. The smallest absolute Gasteiger partial charge is 0.329 e. The molecule has 10 heteroatoms. The van der Waals surface area contributed by atoms with Gasteiger partial charge in [0.15, 0.2) is 18.1 Å². The zero-order valence-electron chi connectivity index (χ0n) is 20.0. The van der Waals surface area contributed by atoms with Crippen molar-refractivity contribution in [2.45, 2.75) is 13.5 Å². The molecule has 0 saturated carbocycles. The van der Waals surface area contributed by atoms with Crippen LogP contribution in [0.1, 0.15) is 16.7 Å². The van der Waals surface area contributed by atoms with Crippen molar-refractivity contribution in [3.8, 4) is 11.5 Å². The average molecular weight is 615 g/mol. The van der Waals surface area contributed by atoms with Gasteiger partial charge >= 0.3 is 6.03 Å². The first-order valence-electron chi connectivity index (χ1n) is 11.2. The Kier molecular flexibility index (Phi) is 8.07. The number of nitrogens with zero attached hydrogens (tertiary/aromatic N) is 1. The first kappa shape index (κ1) is 26.1. The molecule has 2 N–H and O–H groups in total. The van der Waals surface area contributed by atoms with E-state index >= 15 is 0 Å². The van der Waals surface area contributed by atoms with Gasteiger partial charge in [0.05, 0.1) is 17.2 Å². The molecule has 0 aromatic heterocycles. The lowest BCUT2D eigenvalue weighted by atomic mass is 10.1. The predicted octanol–water partition coefficient (Wildman–Crippen LogP) is 4.86. The molecule has 37 heavy (non-hydrogen) atoms. The maximum absolute atomic E-state index is 13.2. The highest BCUT2D eigenvalue weighted by atomic mass is 127. The van der Waals surface area contributed by atoms with E-state index in [1.165, 1.54) is 37.5 Å². The van der Waals surface area contributed by atoms with Crippen LogP contribution < -0.4 is 20.1 Å². The molecule has 3 aromatic carbocycles. The van der Waals surface area contributed by atoms with Crippen molar-refractivity contribution in [3.63, 3.8) is 0 Å². The van der Waals surface area contributed by atoms with Crippen LogP contribution in [-0.4, -0.2) is 36.5 Å². The molecule has 4 rings (SSSR count). The number of carbonyl (C=O) groups excluding carboxylic acids is 3. The number of aryl methyl sites for hydroxylation is 1. The SMILES string of the molecule is COc1cc(/C=C2/NC(=O)N(Cc3ccc(F)cc3)C2=O)cc(I)c1OCC(=O)Nc1ccc(C)cc1. The second-order valence-electron chi connectivity index (χ2n) is 8.24. The van der Waals surface area contributed by atoms with E-state index in [1.54, 1.807) is 12.1 Å². The molecular weight excluding hydrogens is 592 g/mol. The summed E-state index contributed by atoms with van der Waals surface area (Å²) in [6.45, 7) is 1.75. The van der Waals surface area contributed by atoms with Crippen LogP contribution in [0.15, 0.2) is 66.4 Å². The Balaban J connectivity index is 1.45. The van der Waals surface area contributed by atoms with Crippen molar-refractivity contribution in [3.05, 3.63) is 92.4 Å². The fourth-order valence-electron chi connectivity index (χ4n) is 3.59. The Morgan fingerprint density at radius 3 is 2.49 bits per heavy atom. The van der Waals surface area contributed by atoms with E-state index in [-0.39, 0.29) is 24.8 Å². The molecule has 0 atom stereocenters. The van der Waals surface area contributed by atoms with Gasteiger partial charge in [0.2, 0.25) is 0 Å². The number of imide groups is 1. The maximum atomic E-state index is 13.2. The minimum absolute atomic E-state index is 0.0145. The van der Waals surface area contributed by atoms with Crippen molar-refractivity contribution in [1.82, 2.24) is 10.2 Å². The van der Waals surface area contributed by atoms with Crippen LogP contribution in [0.4, 0.5) is 14.9 Å². The monoisotopic (exact) mass is 615 g/mol. The third-order valence-electron chi connectivity index (χ3n) is 5.46. The number of urea groups is 1. The zero-order chi connectivity index (χ0) is 26.5. The van der Waals surface area contributed by atoms with Crippen molar-refractivity contribution in [2.24, 2.45) is 0 Å². The van der Waals surface area contributed by atoms with E-state index in [1.807, 2.05) is 53.8 Å². The molecular formula is C27H23FIN3O5. The number of nitrogens with one attached hydrogen (secondary N) is 2. The highest BCUT2D eigenvalue weighted by molar-refractivity contribution is 14.1. The van der Waals surface area contributed by atoms with Crippen LogP contribution in [0.5, 0.6) is 11.5 Å². The number of carbonyl (C=O) groups is 3. The number of halogens is 2. The summed E-state index contributed by atoms with van der Waals surface area (Å²) in [5.74, 6) is -0.486. The molecule has 8 nitrogen and oxygen atoms in total. The molecule has 0 unspecified atom stereocenters. The molecule has 4 amide bonds. The van der Waals surface area contributed by atoms with Crippen LogP contribution in [0, 0.1) is 16.3 Å². The fraction of sp³-hybridized carbons (Fsp3) is 0.148. The van der Waals surface area contributed by atoms with Gasteiger partial charge in [-0.3, -0.25) is 14.5 Å². The summed E-state index contributed by atoms with van der Waals surface area (Å²) in [4.78, 5) is 38.6. The molecule has 1 saturated heterocycles. The van der Waals surface area contributed by atoms with Crippen LogP contribution in [0.25, 0.3) is 6.08 Å². The lowest BCUT2D eigenvalue weighted by molar-refractivity contribution is -0.123. The van der Waals surface area contributed by atoms with E-state index in [2.05, 4.69) is 10.6 Å². The van der Waals surface area contributed by atoms with Gasteiger partial charge in [0, 0.05) is 5.69 Å². The lowest BCUT2D eigenvalue weighted by Gasteiger charge is -2.14. The Bertz CT molecular complexity index is 1370. The van der Waals surface area contributed by atoms with E-state index in [4.69, 9.17) is 9.47 Å². The van der Waals surface area contributed by atoms with Gasteiger partial charge in [0.1, 0.15) is 11.5 Å². The zero-order valence-corrected chi connectivity index (χ0v) is 22.2. The first-order valence-corrected chi connectivity index (χ1v) is 12.3. The van der Waals surface area contributed by atoms with Crippen molar-refractivity contribution >= 4 is 52.2 Å². The molecule has 1 aliphatic rings. The van der Waals surface area contributed by atoms with Crippen LogP contribution in [-0.2, 0) is 16.1 Å². The van der Waals surface area contributed by atoms with E-state index in [0.717, 1.165) is 10.5 Å². The topological polar surface area (TPSA) is 97.0 Å². The molecule has 1 fully saturated rings. The minimum Gasteiger partial charge on any atom is -0.493 e. The van der Waals surface area contributed by atoms with Crippen molar-refractivity contribution in [1.29, 1.82) is 0 Å². The highest BCUT2D eigenvalue weighted by Crippen LogP contribution is 2.35. The summed E-state index contributed by atoms with van der Waals surface area (Å²) in [6.07, 6.45) is 1.53. The van der Waals surface area contributed by atoms with Gasteiger partial charge in [-0.2, -0.15) is 0 Å². The van der Waals surface area contributed by atoms with E-state index in [0.29, 0.717) is 31.9 Å². The number of benzene rings is 3. The van der Waals surface area contributed by atoms with Gasteiger partial charge in [0.25, 0.3) is 11.8 Å². The van der Waals surface area contributed by atoms with Crippen molar-refractivity contribution < 1.29 is 28.2 Å². The standard InChI is InChI=1S/C27H23FIN3O5/c1-16-3-9-20(10-4-16)30-24(33)15-37-25-21(29)11-18(13-23(25)36-2)12-22-26(34)32(27(35)31-22)14-17-5-7-19(28)8-6-17/h3-13H,14-15H2,1-2H3,(H,30,33)(H,31,35)/b22-12+. The highest BCUT2D eigenvalue weighted by Gasteiger charge is 2.33. The lowest BCUT2D eigenvalue weighted by Crippen LogP contribution is -2.30. The summed E-state index contributed by atoms with van der Waals surface area (Å²) in [6, 6.07) is 15.8. The third-order valence-corrected chi connectivity index (χ3v) is 6.26. The Hall–Kier alpha value is -3.93. The molecule has 3 aromatic rings. The van der Waals surface area contributed by atoms with Crippen LogP contribution in [0.3, 0.4) is 0 Å². The van der Waals surface area contributed by atoms with Gasteiger partial charge in [-0.25, -0.2) is 9.18 Å². The number of ether oxygens (including phenoxy) is 2. The number of hydrogen-bond acceptors (Lipinski definition) is 5. The fourth-order valence-corrected chi connectivity index (χ4v) is 4.37. The van der Waals surface area contributed by atoms with E-state index in [9.17, 15) is 18.8 Å². The molecule has 1 aliphatic heterocycles. The number of hydrogen-bond donors (Lipinski definition) is 2. The van der Waals surface area contributed by atoms with Gasteiger partial charge in [-0.1, -0.05) is 29.8 Å². The molecule has 0 radical (unpaired) electrons. The first-order chi connectivity index (χ1) is 17.7. The number of amides is 4. The predicted molar refractivity (Wildman–Crippen MR) is 144 cm³/mol. The van der Waals surface area contributed by atoms with E-state index < -0.39 is 17.8 Å². The second kappa shape index (κ2) is 11.4. The van der Waals surface area contributed by atoms with Gasteiger partial charge in [-0.05, 0) is 83.1 Å². The normalized spacial score (nSPS) is 14.1. The minimum atomic E-state index is -0.568. The molecule has 0 aliphatic carbocycles. The quantitative estimate of drug-likeness (QED) is 0.215. The number of rotatable bonds is 8. The summed E-state index contributed by atoms with van der Waals surface area (Å²) in [7, 11) is 1.47. The summed E-state index contributed by atoms with van der Waals surface area (Å²) >= 11 is 2.05. The largest absolute Gasteiger partial charge is 0.493 e. The van der Waals surface area contributed by atoms with Gasteiger partial charge < -0.3 is 20.1 Å². The Labute approximate surface area is 226 Å². The summed E-state index contributed by atoms with van der Waals surface area (Å²) in [5, 5.41) is 5.34. The van der Waals surface area contributed by atoms with Crippen molar-refractivity contribution in [2.75, 3.05) is 19.0 Å². The molecule has 1 heterocycles. The van der Waals surface area contributed by atoms with Crippen LogP contribution in [0.2, 0.25) is 0 Å². The summed E-state index contributed by atoms with van der Waals surface area (Å²) in [5.41, 5.74) is 3.05. The Morgan fingerprint density at radius 2 is 1.81 bits per heavy atom. The average Bonchev–Trinajstić information content (AvgIpc) is 3.13. The Morgan fingerprint density at radius 1 is 1.11 bits per heavy atom. The number of methoxy groups -OCH3 is 1. The molecule has 0 spiro atoms. The second-order valence-corrected chi connectivity index (χ2v) is 9.41. The van der Waals surface area contributed by atoms with Crippen LogP contribution >= 0.6 is 22.6 Å². The third kappa shape index (κ3) is 6.45. The molecule has 0 bridgehead atoms.